The summed E-state index contributed by atoms with van der Waals surface area (Å²) in [7, 11) is 1.82. The number of hydrogen-bond acceptors (Lipinski definition) is 2. The number of aromatic nitrogens is 2. The summed E-state index contributed by atoms with van der Waals surface area (Å²) in [6.45, 7) is 0. The minimum atomic E-state index is -0.250. The van der Waals surface area contributed by atoms with Crippen molar-refractivity contribution >= 4 is 0 Å². The Hall–Kier alpha value is -2.62. The zero-order valence-corrected chi connectivity index (χ0v) is 11.0. The summed E-state index contributed by atoms with van der Waals surface area (Å²) in [5.41, 5.74) is 5.84. The zero-order chi connectivity index (χ0) is 13.9. The van der Waals surface area contributed by atoms with Crippen LogP contribution in [0.1, 0.15) is 0 Å². The van der Waals surface area contributed by atoms with Crippen LogP contribution in [0, 0.1) is 5.82 Å². The van der Waals surface area contributed by atoms with Gasteiger partial charge in [-0.1, -0.05) is 30.3 Å². The van der Waals surface area contributed by atoms with Gasteiger partial charge in [-0.05, 0) is 24.3 Å². The van der Waals surface area contributed by atoms with E-state index < -0.39 is 0 Å². The summed E-state index contributed by atoms with van der Waals surface area (Å²) in [5, 5.41) is 0. The minimum Gasteiger partial charge on any atom is -0.327 e. The van der Waals surface area contributed by atoms with Gasteiger partial charge < -0.3 is 5.43 Å². The predicted octanol–water partition coefficient (Wildman–Crippen LogP) is 3.53. The van der Waals surface area contributed by atoms with E-state index in [1.807, 2.05) is 48.3 Å². The molecule has 0 atom stereocenters. The van der Waals surface area contributed by atoms with Crippen molar-refractivity contribution in [3.05, 3.63) is 66.6 Å². The molecule has 0 radical (unpaired) electrons. The molecule has 1 aromatic heterocycles. The molecule has 0 unspecified atom stereocenters. The van der Waals surface area contributed by atoms with Crippen molar-refractivity contribution in [1.29, 1.82) is 0 Å². The highest BCUT2D eigenvalue weighted by Gasteiger charge is 2.10. The molecule has 0 aliphatic heterocycles. The highest BCUT2D eigenvalue weighted by Crippen LogP contribution is 2.24. The second-order valence-electron chi connectivity index (χ2n) is 4.42. The molecule has 0 fully saturated rings. The summed E-state index contributed by atoms with van der Waals surface area (Å²) < 4.78 is 14.8. The fourth-order valence-corrected chi connectivity index (χ4v) is 2.10. The number of benzene rings is 2. The van der Waals surface area contributed by atoms with Crippen LogP contribution in [0.3, 0.4) is 0 Å². The minimum absolute atomic E-state index is 0.250. The maximum absolute atomic E-state index is 13.0. The molecule has 0 saturated carbocycles. The Bertz CT molecular complexity index is 702. The topological polar surface area (TPSA) is 29.9 Å². The van der Waals surface area contributed by atoms with Crippen LogP contribution in [0.2, 0.25) is 0 Å². The molecule has 0 aliphatic rings. The number of nitrogens with zero attached hydrogens (tertiary/aromatic N) is 2. The largest absolute Gasteiger partial charge is 0.327 e. The Kier molecular flexibility index (Phi) is 3.21. The third kappa shape index (κ3) is 2.28. The molecule has 0 amide bonds. The van der Waals surface area contributed by atoms with Gasteiger partial charge in [0.05, 0.1) is 11.9 Å². The van der Waals surface area contributed by atoms with E-state index in [0.717, 1.165) is 22.6 Å². The molecule has 1 N–H and O–H groups in total. The maximum Gasteiger partial charge on any atom is 0.159 e. The molecule has 3 nitrogen and oxygen atoms in total. The van der Waals surface area contributed by atoms with E-state index in [1.165, 1.54) is 12.1 Å². The third-order valence-corrected chi connectivity index (χ3v) is 3.12. The lowest BCUT2D eigenvalue weighted by atomic mass is 10.2. The van der Waals surface area contributed by atoms with E-state index in [9.17, 15) is 4.39 Å². The molecule has 0 saturated heterocycles. The molecule has 0 aliphatic carbocycles. The molecule has 3 rings (SSSR count). The van der Waals surface area contributed by atoms with Gasteiger partial charge >= 0.3 is 0 Å². The molecular formula is C16H14FN3. The first-order valence-corrected chi connectivity index (χ1v) is 6.36. The Labute approximate surface area is 116 Å². The van der Waals surface area contributed by atoms with Crippen molar-refractivity contribution in [2.24, 2.45) is 0 Å². The molecule has 0 spiro atoms. The summed E-state index contributed by atoms with van der Waals surface area (Å²) in [6, 6.07) is 16.3. The van der Waals surface area contributed by atoms with Crippen molar-refractivity contribution < 1.29 is 4.39 Å². The fraction of sp³-hybridized carbons (Fsp3) is 0.0625. The van der Waals surface area contributed by atoms with E-state index in [0.29, 0.717) is 0 Å². The Morgan fingerprint density at radius 1 is 0.950 bits per heavy atom. The van der Waals surface area contributed by atoms with Crippen LogP contribution in [0.15, 0.2) is 60.8 Å². The van der Waals surface area contributed by atoms with Crippen LogP contribution in [0.5, 0.6) is 0 Å². The van der Waals surface area contributed by atoms with Crippen molar-refractivity contribution in [2.75, 3.05) is 12.5 Å². The molecule has 0 bridgehead atoms. The highest BCUT2D eigenvalue weighted by atomic mass is 19.1. The average molecular weight is 267 g/mol. The van der Waals surface area contributed by atoms with Crippen molar-refractivity contribution in [3.8, 4) is 22.6 Å². The first kappa shape index (κ1) is 12.4. The average Bonchev–Trinajstić information content (AvgIpc) is 2.93. The van der Waals surface area contributed by atoms with Gasteiger partial charge in [-0.3, -0.25) is 0 Å². The number of rotatable bonds is 3. The van der Waals surface area contributed by atoms with Gasteiger partial charge in [-0.2, -0.15) is 0 Å². The van der Waals surface area contributed by atoms with Crippen LogP contribution in [-0.4, -0.2) is 16.7 Å². The summed E-state index contributed by atoms with van der Waals surface area (Å²) in [5.74, 6) is 0.506. The van der Waals surface area contributed by atoms with E-state index in [2.05, 4.69) is 10.4 Å². The number of hydrogen-bond donors (Lipinski definition) is 1. The number of imidazole rings is 1. The van der Waals surface area contributed by atoms with Crippen LogP contribution in [0.4, 0.5) is 4.39 Å². The summed E-state index contributed by atoms with van der Waals surface area (Å²) in [6.07, 6.45) is 1.92. The van der Waals surface area contributed by atoms with Gasteiger partial charge in [-0.15, -0.1) is 0 Å². The Morgan fingerprint density at radius 2 is 1.65 bits per heavy atom. The molecule has 3 aromatic rings. The molecule has 1 heterocycles. The first-order valence-electron chi connectivity index (χ1n) is 6.36. The highest BCUT2D eigenvalue weighted by molar-refractivity contribution is 5.65. The van der Waals surface area contributed by atoms with Crippen LogP contribution >= 0.6 is 0 Å². The van der Waals surface area contributed by atoms with E-state index in [-0.39, 0.29) is 5.82 Å². The number of nitrogens with one attached hydrogen (secondary N) is 1. The maximum atomic E-state index is 13.0. The molecule has 20 heavy (non-hydrogen) atoms. The second-order valence-corrected chi connectivity index (χ2v) is 4.42. The summed E-state index contributed by atoms with van der Waals surface area (Å²) >= 11 is 0. The van der Waals surface area contributed by atoms with E-state index in [4.69, 9.17) is 0 Å². The molecular weight excluding hydrogens is 253 g/mol. The van der Waals surface area contributed by atoms with Crippen molar-refractivity contribution in [1.82, 2.24) is 9.66 Å². The van der Waals surface area contributed by atoms with Crippen LogP contribution in [0.25, 0.3) is 22.6 Å². The Balaban J connectivity index is 2.07. The SMILES string of the molecule is CNn1cc(-c2ccccc2)nc1-c1ccc(F)cc1. The molecule has 100 valence electrons. The second kappa shape index (κ2) is 5.17. The van der Waals surface area contributed by atoms with Crippen LogP contribution in [-0.2, 0) is 0 Å². The number of halogens is 1. The van der Waals surface area contributed by atoms with Gasteiger partial charge in [0, 0.05) is 18.2 Å². The standard InChI is InChI=1S/C16H14FN3/c1-18-20-11-15(12-5-3-2-4-6-12)19-16(20)13-7-9-14(17)10-8-13/h2-11,18H,1H3. The fourth-order valence-electron chi connectivity index (χ4n) is 2.10. The van der Waals surface area contributed by atoms with E-state index >= 15 is 0 Å². The first-order chi connectivity index (χ1) is 9.78. The normalized spacial score (nSPS) is 10.5. The van der Waals surface area contributed by atoms with Crippen LogP contribution < -0.4 is 5.43 Å². The predicted molar refractivity (Wildman–Crippen MR) is 78.3 cm³/mol. The lowest BCUT2D eigenvalue weighted by Gasteiger charge is -2.05. The molecule has 2 aromatic carbocycles. The van der Waals surface area contributed by atoms with Crippen molar-refractivity contribution in [2.45, 2.75) is 0 Å². The van der Waals surface area contributed by atoms with E-state index in [1.54, 1.807) is 12.1 Å². The van der Waals surface area contributed by atoms with Gasteiger partial charge in [-0.25, -0.2) is 14.1 Å². The Morgan fingerprint density at radius 3 is 2.30 bits per heavy atom. The molecule has 4 heteroatoms. The monoisotopic (exact) mass is 267 g/mol. The summed E-state index contributed by atoms with van der Waals surface area (Å²) in [4.78, 5) is 4.63. The van der Waals surface area contributed by atoms with Gasteiger partial charge in [0.2, 0.25) is 0 Å². The van der Waals surface area contributed by atoms with Gasteiger partial charge in [0.25, 0.3) is 0 Å². The quantitative estimate of drug-likeness (QED) is 0.786. The third-order valence-electron chi connectivity index (χ3n) is 3.12. The van der Waals surface area contributed by atoms with Gasteiger partial charge in [0.1, 0.15) is 5.82 Å². The lowest BCUT2D eigenvalue weighted by molar-refractivity contribution is 0.628. The van der Waals surface area contributed by atoms with Gasteiger partial charge in [0.15, 0.2) is 5.82 Å². The zero-order valence-electron chi connectivity index (χ0n) is 11.0. The van der Waals surface area contributed by atoms with Crippen molar-refractivity contribution in [3.63, 3.8) is 0 Å². The smallest absolute Gasteiger partial charge is 0.159 e. The lowest BCUT2D eigenvalue weighted by Crippen LogP contribution is -2.08.